The lowest BCUT2D eigenvalue weighted by Crippen LogP contribution is -2.27. The van der Waals surface area contributed by atoms with Gasteiger partial charge in [0.05, 0.1) is 23.9 Å². The van der Waals surface area contributed by atoms with Gasteiger partial charge in [0.15, 0.2) is 0 Å². The third-order valence-electron chi connectivity index (χ3n) is 4.18. The van der Waals surface area contributed by atoms with Gasteiger partial charge in [-0.15, -0.1) is 0 Å². The van der Waals surface area contributed by atoms with Crippen molar-refractivity contribution in [2.75, 3.05) is 29.8 Å². The van der Waals surface area contributed by atoms with Gasteiger partial charge in [0, 0.05) is 13.1 Å². The third-order valence-corrected chi connectivity index (χ3v) is 5.58. The molecule has 2 N–H and O–H groups in total. The molecule has 0 unspecified atom stereocenters. The minimum Gasteiger partial charge on any atom is -0.497 e. The van der Waals surface area contributed by atoms with Gasteiger partial charge in [0.1, 0.15) is 17.1 Å². The topological polar surface area (TPSA) is 109 Å². The summed E-state index contributed by atoms with van der Waals surface area (Å²) in [5, 5.41) is 9.58. The fraction of sp³-hybridized carbons (Fsp3) is 0.368. The SMILES string of the molecule is CCCCN(CC)c1ncc(NS(=O)(=O)c2ccc(OC)cc2)cc1C(=O)O. The van der Waals surface area contributed by atoms with Crippen LogP contribution in [0.25, 0.3) is 0 Å². The third kappa shape index (κ3) is 5.13. The standard InChI is InChI=1S/C19H25N3O5S/c1-4-6-11-22(5-2)18-17(19(23)24)12-14(13-20-18)21-28(25,26)16-9-7-15(27-3)8-10-16/h7-10,12-13,21H,4-6,11H2,1-3H3,(H,23,24). The molecule has 0 bridgehead atoms. The Morgan fingerprint density at radius 2 is 1.93 bits per heavy atom. The van der Waals surface area contributed by atoms with Gasteiger partial charge in [0.25, 0.3) is 10.0 Å². The Hall–Kier alpha value is -2.81. The maximum Gasteiger partial charge on any atom is 0.339 e. The zero-order valence-corrected chi connectivity index (χ0v) is 17.0. The Morgan fingerprint density at radius 1 is 1.25 bits per heavy atom. The molecule has 28 heavy (non-hydrogen) atoms. The van der Waals surface area contributed by atoms with Gasteiger partial charge in [-0.2, -0.15) is 0 Å². The monoisotopic (exact) mass is 407 g/mol. The van der Waals surface area contributed by atoms with Crippen LogP contribution in [-0.4, -0.2) is 44.7 Å². The van der Waals surface area contributed by atoms with E-state index in [1.165, 1.54) is 43.6 Å². The second-order valence-corrected chi connectivity index (χ2v) is 7.80. The first-order chi connectivity index (χ1) is 13.3. The highest BCUT2D eigenvalue weighted by atomic mass is 32.2. The van der Waals surface area contributed by atoms with E-state index in [0.29, 0.717) is 24.7 Å². The molecule has 1 aromatic heterocycles. The van der Waals surface area contributed by atoms with Gasteiger partial charge < -0.3 is 14.7 Å². The molecule has 152 valence electrons. The molecule has 0 fully saturated rings. The number of hydrogen-bond donors (Lipinski definition) is 2. The number of ether oxygens (including phenoxy) is 1. The number of sulfonamides is 1. The number of carboxylic acid groups (broad SMARTS) is 1. The average molecular weight is 407 g/mol. The first-order valence-corrected chi connectivity index (χ1v) is 10.5. The zero-order chi connectivity index (χ0) is 20.7. The predicted molar refractivity (Wildman–Crippen MR) is 108 cm³/mol. The van der Waals surface area contributed by atoms with Gasteiger partial charge in [-0.25, -0.2) is 18.2 Å². The Kier molecular flexibility index (Phi) is 7.22. The molecule has 1 aromatic carbocycles. The molecule has 0 amide bonds. The van der Waals surface area contributed by atoms with Crippen LogP contribution in [0.2, 0.25) is 0 Å². The molecule has 0 aliphatic heterocycles. The molecular formula is C19H25N3O5S. The molecule has 0 radical (unpaired) electrons. The predicted octanol–water partition coefficient (Wildman–Crippen LogP) is 3.22. The number of aromatic nitrogens is 1. The molecule has 0 spiro atoms. The van der Waals surface area contributed by atoms with Crippen molar-refractivity contribution in [3.8, 4) is 5.75 Å². The number of pyridine rings is 1. The van der Waals surface area contributed by atoms with E-state index in [9.17, 15) is 18.3 Å². The summed E-state index contributed by atoms with van der Waals surface area (Å²) in [6.07, 6.45) is 3.20. The number of hydrogen-bond acceptors (Lipinski definition) is 6. The maximum absolute atomic E-state index is 12.6. The quantitative estimate of drug-likeness (QED) is 0.622. The molecule has 0 saturated heterocycles. The van der Waals surface area contributed by atoms with Crippen LogP contribution >= 0.6 is 0 Å². The summed E-state index contributed by atoms with van der Waals surface area (Å²) >= 11 is 0. The van der Waals surface area contributed by atoms with E-state index < -0.39 is 16.0 Å². The van der Waals surface area contributed by atoms with Crippen LogP contribution in [0.15, 0.2) is 41.4 Å². The fourth-order valence-corrected chi connectivity index (χ4v) is 3.69. The van der Waals surface area contributed by atoms with Crippen molar-refractivity contribution in [2.45, 2.75) is 31.6 Å². The van der Waals surface area contributed by atoms with Crippen LogP contribution in [0.4, 0.5) is 11.5 Å². The highest BCUT2D eigenvalue weighted by molar-refractivity contribution is 7.92. The summed E-state index contributed by atoms with van der Waals surface area (Å²) in [5.41, 5.74) is 0.0383. The van der Waals surface area contributed by atoms with Gasteiger partial charge in [-0.1, -0.05) is 13.3 Å². The number of nitrogens with one attached hydrogen (secondary N) is 1. The lowest BCUT2D eigenvalue weighted by Gasteiger charge is -2.23. The van der Waals surface area contributed by atoms with E-state index in [1.807, 2.05) is 11.8 Å². The van der Waals surface area contributed by atoms with Crippen molar-refractivity contribution < 1.29 is 23.1 Å². The Morgan fingerprint density at radius 3 is 2.46 bits per heavy atom. The van der Waals surface area contributed by atoms with Crippen LogP contribution in [0.1, 0.15) is 37.0 Å². The second kappa shape index (κ2) is 9.41. The lowest BCUT2D eigenvalue weighted by molar-refractivity contribution is 0.0697. The molecule has 2 rings (SSSR count). The number of aromatic carboxylic acids is 1. The number of nitrogens with zero attached hydrogens (tertiary/aromatic N) is 2. The van der Waals surface area contributed by atoms with Crippen LogP contribution in [0, 0.1) is 0 Å². The molecule has 1 heterocycles. The first kappa shape index (κ1) is 21.5. The maximum atomic E-state index is 12.6. The van der Waals surface area contributed by atoms with Crippen molar-refractivity contribution in [1.29, 1.82) is 0 Å². The number of carbonyl (C=O) groups is 1. The fourth-order valence-electron chi connectivity index (χ4n) is 2.65. The van der Waals surface area contributed by atoms with Crippen molar-refractivity contribution in [1.82, 2.24) is 4.98 Å². The van der Waals surface area contributed by atoms with Gasteiger partial charge in [-0.3, -0.25) is 4.72 Å². The highest BCUT2D eigenvalue weighted by Crippen LogP contribution is 2.24. The number of unbranched alkanes of at least 4 members (excludes halogenated alkanes) is 1. The Labute approximate surface area is 165 Å². The molecule has 0 saturated carbocycles. The van der Waals surface area contributed by atoms with E-state index in [4.69, 9.17) is 4.74 Å². The Balaban J connectivity index is 2.33. The van der Waals surface area contributed by atoms with Gasteiger partial charge in [0.2, 0.25) is 0 Å². The van der Waals surface area contributed by atoms with Crippen molar-refractivity contribution in [2.24, 2.45) is 0 Å². The summed E-state index contributed by atoms with van der Waals surface area (Å²) in [4.78, 5) is 17.8. The molecule has 0 atom stereocenters. The van der Waals surface area contributed by atoms with E-state index in [2.05, 4.69) is 16.6 Å². The zero-order valence-electron chi connectivity index (χ0n) is 16.2. The molecule has 0 aliphatic rings. The largest absolute Gasteiger partial charge is 0.497 e. The van der Waals surface area contributed by atoms with Crippen molar-refractivity contribution in [3.63, 3.8) is 0 Å². The van der Waals surface area contributed by atoms with E-state index in [-0.39, 0.29) is 16.1 Å². The van der Waals surface area contributed by atoms with Crippen LogP contribution < -0.4 is 14.4 Å². The van der Waals surface area contributed by atoms with Crippen LogP contribution in [-0.2, 0) is 10.0 Å². The smallest absolute Gasteiger partial charge is 0.339 e. The molecule has 2 aromatic rings. The minimum absolute atomic E-state index is 0.0346. The van der Waals surface area contributed by atoms with Gasteiger partial charge in [-0.05, 0) is 43.7 Å². The molecule has 0 aliphatic carbocycles. The summed E-state index contributed by atoms with van der Waals surface area (Å²) in [6, 6.07) is 7.17. The van der Waals surface area contributed by atoms with Crippen molar-refractivity contribution >= 4 is 27.5 Å². The Bertz CT molecular complexity index is 914. The number of rotatable bonds is 10. The van der Waals surface area contributed by atoms with E-state index in [0.717, 1.165) is 12.8 Å². The summed E-state index contributed by atoms with van der Waals surface area (Å²) in [6.45, 7) is 5.25. The van der Waals surface area contributed by atoms with Crippen LogP contribution in [0.5, 0.6) is 5.75 Å². The first-order valence-electron chi connectivity index (χ1n) is 8.97. The molecular weight excluding hydrogens is 382 g/mol. The second-order valence-electron chi connectivity index (χ2n) is 6.11. The normalized spacial score (nSPS) is 11.1. The van der Waals surface area contributed by atoms with Gasteiger partial charge >= 0.3 is 5.97 Å². The highest BCUT2D eigenvalue weighted by Gasteiger charge is 2.20. The summed E-state index contributed by atoms with van der Waals surface area (Å²) in [7, 11) is -2.40. The molecule has 8 nitrogen and oxygen atoms in total. The number of methoxy groups -OCH3 is 1. The summed E-state index contributed by atoms with van der Waals surface area (Å²) in [5.74, 6) is -0.302. The summed E-state index contributed by atoms with van der Waals surface area (Å²) < 4.78 is 32.5. The number of benzene rings is 1. The van der Waals surface area contributed by atoms with E-state index >= 15 is 0 Å². The van der Waals surface area contributed by atoms with Crippen LogP contribution in [0.3, 0.4) is 0 Å². The minimum atomic E-state index is -3.89. The average Bonchev–Trinajstić information content (AvgIpc) is 2.69. The van der Waals surface area contributed by atoms with E-state index in [1.54, 1.807) is 0 Å². The van der Waals surface area contributed by atoms with Crippen molar-refractivity contribution in [3.05, 3.63) is 42.1 Å². The lowest BCUT2D eigenvalue weighted by atomic mass is 10.2. The number of anilines is 2. The number of carboxylic acids is 1. The molecule has 9 heteroatoms.